The molecule has 2 aliphatic rings. The van der Waals surface area contributed by atoms with Crippen LogP contribution in [0.1, 0.15) is 6.42 Å². The van der Waals surface area contributed by atoms with Crippen LogP contribution in [0.2, 0.25) is 0 Å². The van der Waals surface area contributed by atoms with Crippen LogP contribution in [-0.2, 0) is 18.6 Å². The monoisotopic (exact) mass is 227 g/mol. The van der Waals surface area contributed by atoms with Crippen LogP contribution in [0, 0.1) is 5.92 Å². The van der Waals surface area contributed by atoms with Gasteiger partial charge in [0.25, 0.3) is 0 Å². The Hall–Kier alpha value is -1.19. The molecule has 2 atom stereocenters. The molecule has 6 heteroatoms. The average molecular weight is 227 g/mol. The first-order chi connectivity index (χ1) is 7.27. The summed E-state index contributed by atoms with van der Waals surface area (Å²) in [6.07, 6.45) is 5.20. The smallest absolute Gasteiger partial charge is 0.234 e. The molecule has 2 rings (SSSR count). The maximum Gasteiger partial charge on any atom is 0.234 e. The summed E-state index contributed by atoms with van der Waals surface area (Å²) in [5.41, 5.74) is 0.767. The normalized spacial score (nSPS) is 33.6. The molecule has 80 valence electrons. The van der Waals surface area contributed by atoms with Gasteiger partial charge in [-0.1, -0.05) is 6.08 Å². The summed E-state index contributed by atoms with van der Waals surface area (Å²) in [5, 5.41) is 2.27. The van der Waals surface area contributed by atoms with Gasteiger partial charge in [-0.3, -0.25) is 14.9 Å². The van der Waals surface area contributed by atoms with E-state index < -0.39 is 5.92 Å². The summed E-state index contributed by atoms with van der Waals surface area (Å²) >= 11 is 0. The van der Waals surface area contributed by atoms with Crippen LogP contribution in [0.4, 0.5) is 0 Å². The zero-order valence-electron chi connectivity index (χ0n) is 7.86. The van der Waals surface area contributed by atoms with E-state index >= 15 is 0 Å². The van der Waals surface area contributed by atoms with Crippen molar-refractivity contribution in [3.05, 3.63) is 24.0 Å². The highest BCUT2D eigenvalue weighted by Gasteiger charge is 2.32. The van der Waals surface area contributed by atoms with Gasteiger partial charge in [0.05, 0.1) is 18.8 Å². The van der Waals surface area contributed by atoms with Gasteiger partial charge in [-0.05, 0) is 11.6 Å². The third kappa shape index (κ3) is 2.43. The number of rotatable bonds is 1. The summed E-state index contributed by atoms with van der Waals surface area (Å²) in [6.45, 7) is 0.399. The van der Waals surface area contributed by atoms with E-state index in [1.807, 2.05) is 0 Å². The fourth-order valence-electron chi connectivity index (χ4n) is 1.50. The van der Waals surface area contributed by atoms with Crippen molar-refractivity contribution in [1.82, 2.24) is 5.32 Å². The predicted octanol–water partition coefficient (Wildman–Crippen LogP) is 0.645. The van der Waals surface area contributed by atoms with E-state index in [4.69, 9.17) is 9.05 Å². The molecule has 0 bridgehead atoms. The van der Waals surface area contributed by atoms with E-state index in [-0.39, 0.29) is 27.3 Å². The second-order valence-electron chi connectivity index (χ2n) is 3.19. The highest BCUT2D eigenvalue weighted by atomic mass is 31.1. The number of hydrogen-bond acceptors (Lipinski definition) is 4. The highest BCUT2D eigenvalue weighted by Crippen LogP contribution is 2.25. The molecule has 1 N–H and O–H groups in total. The summed E-state index contributed by atoms with van der Waals surface area (Å²) in [4.78, 5) is 22.4. The zero-order chi connectivity index (χ0) is 10.7. The van der Waals surface area contributed by atoms with Gasteiger partial charge in [0, 0.05) is 6.42 Å². The molecule has 0 aromatic heterocycles. The number of carbonyl (C=O) groups excluding carboxylic acids is 2. The lowest BCUT2D eigenvalue weighted by atomic mass is 9.97. The Bertz CT molecular complexity index is 350. The first-order valence-electron chi connectivity index (χ1n) is 4.50. The molecule has 1 saturated heterocycles. The second-order valence-corrected chi connectivity index (χ2v) is 3.88. The molecule has 2 unspecified atom stereocenters. The maximum absolute atomic E-state index is 11.4. The van der Waals surface area contributed by atoms with Crippen molar-refractivity contribution in [2.24, 2.45) is 5.92 Å². The van der Waals surface area contributed by atoms with E-state index in [1.165, 1.54) is 6.26 Å². The van der Waals surface area contributed by atoms with Gasteiger partial charge in [0.15, 0.2) is 0 Å². The number of imide groups is 1. The highest BCUT2D eigenvalue weighted by molar-refractivity contribution is 7.26. The standard InChI is InChI=1S/C9H10NO4P/c11-8-5-7(9(12)10-8)6-1-3-13-15-14-4-2-6/h1-3,7,15H,4-5H2,(H,10,11,12)/b3-1-,6-2+. The van der Waals surface area contributed by atoms with Gasteiger partial charge in [-0.15, -0.1) is 0 Å². The molecule has 2 aliphatic heterocycles. The lowest BCUT2D eigenvalue weighted by Crippen LogP contribution is -2.22. The third-order valence-corrected chi connectivity index (χ3v) is 2.73. The summed E-state index contributed by atoms with van der Waals surface area (Å²) < 4.78 is 10.1. The van der Waals surface area contributed by atoms with Gasteiger partial charge in [-0.2, -0.15) is 0 Å². The fraction of sp³-hybridized carbons (Fsp3) is 0.333. The summed E-state index contributed by atoms with van der Waals surface area (Å²) in [6, 6.07) is 0. The minimum absolute atomic E-state index is 0.0195. The quantitative estimate of drug-likeness (QED) is 0.527. The first kappa shape index (κ1) is 10.3. The van der Waals surface area contributed by atoms with Gasteiger partial charge in [0.1, 0.15) is 0 Å². The Kier molecular flexibility index (Phi) is 3.14. The number of amides is 2. The summed E-state index contributed by atoms with van der Waals surface area (Å²) in [7, 11) is -0.0195. The molecule has 0 aromatic carbocycles. The van der Waals surface area contributed by atoms with Gasteiger partial charge in [-0.25, -0.2) is 0 Å². The van der Waals surface area contributed by atoms with E-state index in [0.717, 1.165) is 5.57 Å². The molecule has 2 heterocycles. The van der Waals surface area contributed by atoms with Gasteiger partial charge in [0.2, 0.25) is 20.8 Å². The average Bonchev–Trinajstić information content (AvgIpc) is 2.45. The lowest BCUT2D eigenvalue weighted by Gasteiger charge is -2.10. The largest absolute Gasteiger partial charge is 0.457 e. The van der Waals surface area contributed by atoms with Crippen molar-refractivity contribution in [2.45, 2.75) is 6.42 Å². The topological polar surface area (TPSA) is 64.6 Å². The Morgan fingerprint density at radius 2 is 2.33 bits per heavy atom. The Morgan fingerprint density at radius 1 is 1.47 bits per heavy atom. The van der Waals surface area contributed by atoms with Crippen molar-refractivity contribution < 1.29 is 18.6 Å². The predicted molar refractivity (Wildman–Crippen MR) is 53.8 cm³/mol. The molecule has 15 heavy (non-hydrogen) atoms. The fourth-order valence-corrected chi connectivity index (χ4v) is 1.84. The maximum atomic E-state index is 11.4. The number of carbonyl (C=O) groups is 2. The SMILES string of the molecule is O=C1CC(C2=C/COPO/C=C\2)C(=O)N1. The Labute approximate surface area is 88.5 Å². The first-order valence-corrected chi connectivity index (χ1v) is 5.32. The van der Waals surface area contributed by atoms with E-state index in [0.29, 0.717) is 6.61 Å². The molecule has 1 fully saturated rings. The molecule has 0 spiro atoms. The Balaban J connectivity index is 2.14. The van der Waals surface area contributed by atoms with Crippen LogP contribution in [0.25, 0.3) is 0 Å². The van der Waals surface area contributed by atoms with Crippen LogP contribution in [0.5, 0.6) is 0 Å². The van der Waals surface area contributed by atoms with Crippen molar-refractivity contribution in [2.75, 3.05) is 6.61 Å². The van der Waals surface area contributed by atoms with Crippen molar-refractivity contribution in [1.29, 1.82) is 0 Å². The Morgan fingerprint density at radius 3 is 3.07 bits per heavy atom. The molecule has 5 nitrogen and oxygen atoms in total. The minimum atomic E-state index is -0.401. The molecular formula is C9H10NO4P. The van der Waals surface area contributed by atoms with Crippen molar-refractivity contribution >= 4 is 20.8 Å². The van der Waals surface area contributed by atoms with Gasteiger partial charge >= 0.3 is 0 Å². The van der Waals surface area contributed by atoms with Crippen LogP contribution >= 0.6 is 9.03 Å². The molecule has 0 saturated carbocycles. The van der Waals surface area contributed by atoms with E-state index in [2.05, 4.69) is 5.32 Å². The molecule has 0 radical (unpaired) electrons. The second kappa shape index (κ2) is 4.55. The van der Waals surface area contributed by atoms with Crippen molar-refractivity contribution in [3.63, 3.8) is 0 Å². The summed E-state index contributed by atoms with van der Waals surface area (Å²) in [5.74, 6) is -0.883. The van der Waals surface area contributed by atoms with E-state index in [1.54, 1.807) is 12.2 Å². The number of nitrogens with one attached hydrogen (secondary N) is 1. The zero-order valence-corrected chi connectivity index (χ0v) is 8.86. The lowest BCUT2D eigenvalue weighted by molar-refractivity contribution is -0.125. The van der Waals surface area contributed by atoms with Crippen LogP contribution < -0.4 is 5.32 Å². The minimum Gasteiger partial charge on any atom is -0.457 e. The number of hydrogen-bond donors (Lipinski definition) is 1. The van der Waals surface area contributed by atoms with Gasteiger partial charge < -0.3 is 9.05 Å². The molecule has 0 aromatic rings. The van der Waals surface area contributed by atoms with Crippen LogP contribution in [-0.4, -0.2) is 18.4 Å². The van der Waals surface area contributed by atoms with Crippen LogP contribution in [0.3, 0.4) is 0 Å². The molecule has 0 aliphatic carbocycles. The third-order valence-electron chi connectivity index (χ3n) is 2.21. The molecule has 2 amide bonds. The van der Waals surface area contributed by atoms with E-state index in [9.17, 15) is 9.59 Å². The molecular weight excluding hydrogens is 217 g/mol. The number of allylic oxidation sites excluding steroid dienone is 1. The van der Waals surface area contributed by atoms with Crippen molar-refractivity contribution in [3.8, 4) is 0 Å². The van der Waals surface area contributed by atoms with Crippen LogP contribution in [0.15, 0.2) is 24.0 Å².